The van der Waals surface area contributed by atoms with Crippen molar-refractivity contribution < 1.29 is 0 Å². The number of nitrogens with one attached hydrogen (secondary N) is 2. The van der Waals surface area contributed by atoms with E-state index in [4.69, 9.17) is 0 Å². The zero-order valence-electron chi connectivity index (χ0n) is 9.91. The summed E-state index contributed by atoms with van der Waals surface area (Å²) in [7, 11) is 2.20. The first kappa shape index (κ1) is 12.0. The average molecular weight is 239 g/mol. The predicted molar refractivity (Wildman–Crippen MR) is 69.9 cm³/mol. The average Bonchev–Trinajstić information content (AvgIpc) is 2.77. The van der Waals surface area contributed by atoms with Crippen LogP contribution in [-0.4, -0.2) is 44.2 Å². The van der Waals surface area contributed by atoms with Crippen molar-refractivity contribution in [2.24, 2.45) is 0 Å². The van der Waals surface area contributed by atoms with E-state index in [1.54, 1.807) is 0 Å². The summed E-state index contributed by atoms with van der Waals surface area (Å²) in [5, 5.41) is 9.20. The summed E-state index contributed by atoms with van der Waals surface area (Å²) in [6.45, 7) is 5.61. The number of likely N-dealkylation sites (N-methyl/N-ethyl adjacent to an activating group) is 1. The molecule has 4 heteroatoms. The van der Waals surface area contributed by atoms with Gasteiger partial charge in [0, 0.05) is 37.1 Å². The second-order valence-electron chi connectivity index (χ2n) is 4.46. The highest BCUT2D eigenvalue weighted by molar-refractivity contribution is 7.09. The molecule has 2 rings (SSSR count). The highest BCUT2D eigenvalue weighted by Crippen LogP contribution is 2.07. The molecule has 0 bridgehead atoms. The van der Waals surface area contributed by atoms with E-state index in [0.717, 1.165) is 19.6 Å². The maximum absolute atomic E-state index is 3.56. The van der Waals surface area contributed by atoms with Crippen LogP contribution in [0.3, 0.4) is 0 Å². The van der Waals surface area contributed by atoms with E-state index in [0.29, 0.717) is 6.04 Å². The van der Waals surface area contributed by atoms with E-state index >= 15 is 0 Å². The lowest BCUT2D eigenvalue weighted by Crippen LogP contribution is -2.49. The van der Waals surface area contributed by atoms with Gasteiger partial charge in [0.05, 0.1) is 0 Å². The summed E-state index contributed by atoms with van der Waals surface area (Å²) in [5.41, 5.74) is 0. The second kappa shape index (κ2) is 6.35. The molecule has 2 heterocycles. The first-order valence-corrected chi connectivity index (χ1v) is 6.87. The molecule has 0 aliphatic carbocycles. The molecule has 0 radical (unpaired) electrons. The van der Waals surface area contributed by atoms with Crippen LogP contribution in [-0.2, 0) is 6.54 Å². The Hall–Kier alpha value is -0.420. The topological polar surface area (TPSA) is 27.3 Å². The third-order valence-corrected chi connectivity index (χ3v) is 3.88. The van der Waals surface area contributed by atoms with E-state index in [1.807, 2.05) is 11.3 Å². The summed E-state index contributed by atoms with van der Waals surface area (Å²) in [6, 6.07) is 4.96. The lowest BCUT2D eigenvalue weighted by atomic mass is 10.1. The highest BCUT2D eigenvalue weighted by Gasteiger charge is 2.15. The number of hydrogen-bond donors (Lipinski definition) is 2. The lowest BCUT2D eigenvalue weighted by Gasteiger charge is -2.30. The van der Waals surface area contributed by atoms with Crippen molar-refractivity contribution in [1.29, 1.82) is 0 Å². The molecule has 0 saturated carbocycles. The Bertz CT molecular complexity index is 286. The van der Waals surface area contributed by atoms with Gasteiger partial charge in [-0.2, -0.15) is 0 Å². The van der Waals surface area contributed by atoms with Crippen molar-refractivity contribution in [3.8, 4) is 0 Å². The van der Waals surface area contributed by atoms with Crippen LogP contribution in [0.1, 0.15) is 11.3 Å². The number of rotatable bonds is 5. The maximum atomic E-state index is 3.56. The van der Waals surface area contributed by atoms with Crippen molar-refractivity contribution in [3.05, 3.63) is 22.4 Å². The number of nitrogens with zero attached hydrogens (tertiary/aromatic N) is 1. The summed E-state index contributed by atoms with van der Waals surface area (Å²) in [5.74, 6) is 0. The summed E-state index contributed by atoms with van der Waals surface area (Å²) in [4.78, 5) is 3.83. The van der Waals surface area contributed by atoms with Gasteiger partial charge in [-0.3, -0.25) is 0 Å². The molecule has 1 unspecified atom stereocenters. The van der Waals surface area contributed by atoms with Crippen LogP contribution in [0.2, 0.25) is 0 Å². The highest BCUT2D eigenvalue weighted by atomic mass is 32.1. The van der Waals surface area contributed by atoms with Crippen LogP contribution in [0, 0.1) is 0 Å². The molecule has 1 aliphatic rings. The molecule has 1 saturated heterocycles. The molecule has 16 heavy (non-hydrogen) atoms. The molecular weight excluding hydrogens is 218 g/mol. The zero-order chi connectivity index (χ0) is 11.2. The Morgan fingerprint density at radius 2 is 2.56 bits per heavy atom. The first-order valence-electron chi connectivity index (χ1n) is 5.99. The van der Waals surface area contributed by atoms with Gasteiger partial charge in [0.15, 0.2) is 0 Å². The molecule has 1 atom stereocenters. The Kier molecular flexibility index (Phi) is 4.78. The van der Waals surface area contributed by atoms with E-state index in [9.17, 15) is 0 Å². The molecule has 1 aliphatic heterocycles. The minimum Gasteiger partial charge on any atom is -0.312 e. The second-order valence-corrected chi connectivity index (χ2v) is 5.49. The summed E-state index contributed by atoms with van der Waals surface area (Å²) < 4.78 is 0. The Balaban J connectivity index is 1.57. The van der Waals surface area contributed by atoms with Gasteiger partial charge < -0.3 is 15.5 Å². The van der Waals surface area contributed by atoms with Gasteiger partial charge in [-0.15, -0.1) is 11.3 Å². The van der Waals surface area contributed by atoms with Crippen molar-refractivity contribution in [2.45, 2.75) is 19.0 Å². The minimum atomic E-state index is 0.662. The molecule has 2 N–H and O–H groups in total. The van der Waals surface area contributed by atoms with E-state index in [2.05, 4.69) is 40.1 Å². The lowest BCUT2D eigenvalue weighted by molar-refractivity contribution is 0.231. The maximum Gasteiger partial charge on any atom is 0.0299 e. The normalized spacial score (nSPS) is 22.4. The van der Waals surface area contributed by atoms with Crippen molar-refractivity contribution >= 4 is 11.3 Å². The van der Waals surface area contributed by atoms with Crippen molar-refractivity contribution in [3.63, 3.8) is 0 Å². The fourth-order valence-corrected chi connectivity index (χ4v) is 2.76. The van der Waals surface area contributed by atoms with Crippen molar-refractivity contribution in [2.75, 3.05) is 33.2 Å². The minimum absolute atomic E-state index is 0.662. The number of piperazine rings is 1. The summed E-state index contributed by atoms with van der Waals surface area (Å²) in [6.07, 6.45) is 1.22. The fourth-order valence-electron chi connectivity index (χ4n) is 2.09. The fraction of sp³-hybridized carbons (Fsp3) is 0.667. The molecule has 3 nitrogen and oxygen atoms in total. The Morgan fingerprint density at radius 1 is 1.62 bits per heavy atom. The van der Waals surface area contributed by atoms with Gasteiger partial charge in [-0.25, -0.2) is 0 Å². The predicted octanol–water partition coefficient (Wildman–Crippen LogP) is 1.13. The van der Waals surface area contributed by atoms with Crippen LogP contribution >= 0.6 is 11.3 Å². The summed E-state index contributed by atoms with van der Waals surface area (Å²) >= 11 is 1.82. The van der Waals surface area contributed by atoms with Crippen molar-refractivity contribution in [1.82, 2.24) is 15.5 Å². The molecule has 0 aromatic carbocycles. The van der Waals surface area contributed by atoms with E-state index in [1.165, 1.54) is 24.4 Å². The first-order chi connectivity index (χ1) is 7.84. The molecule has 0 spiro atoms. The quantitative estimate of drug-likeness (QED) is 0.754. The number of hydrogen-bond acceptors (Lipinski definition) is 4. The molecule has 1 fully saturated rings. The molecule has 90 valence electrons. The third kappa shape index (κ3) is 3.87. The molecule has 1 aromatic rings. The van der Waals surface area contributed by atoms with Gasteiger partial charge in [0.1, 0.15) is 0 Å². The monoisotopic (exact) mass is 239 g/mol. The molecule has 1 aromatic heterocycles. The van der Waals surface area contributed by atoms with Gasteiger partial charge >= 0.3 is 0 Å². The van der Waals surface area contributed by atoms with Gasteiger partial charge in [-0.1, -0.05) is 6.07 Å². The zero-order valence-corrected chi connectivity index (χ0v) is 10.7. The van der Waals surface area contributed by atoms with Gasteiger partial charge in [0.25, 0.3) is 0 Å². The van der Waals surface area contributed by atoms with Crippen LogP contribution in [0.5, 0.6) is 0 Å². The Labute approximate surface area is 102 Å². The molecule has 0 amide bonds. The largest absolute Gasteiger partial charge is 0.312 e. The van der Waals surface area contributed by atoms with E-state index < -0.39 is 0 Å². The standard InChI is InChI=1S/C12H21N3S/c1-15-7-6-14-11(10-15)4-5-13-9-12-3-2-8-16-12/h2-3,8,11,13-14H,4-7,9-10H2,1H3. The van der Waals surface area contributed by atoms with E-state index in [-0.39, 0.29) is 0 Å². The third-order valence-electron chi connectivity index (χ3n) is 3.01. The number of thiophene rings is 1. The van der Waals surface area contributed by atoms with Crippen LogP contribution in [0.15, 0.2) is 17.5 Å². The van der Waals surface area contributed by atoms with Gasteiger partial charge in [-0.05, 0) is 31.5 Å². The van der Waals surface area contributed by atoms with Crippen LogP contribution < -0.4 is 10.6 Å². The SMILES string of the molecule is CN1CCNC(CCNCc2cccs2)C1. The van der Waals surface area contributed by atoms with Crippen LogP contribution in [0.25, 0.3) is 0 Å². The van der Waals surface area contributed by atoms with Gasteiger partial charge in [0.2, 0.25) is 0 Å². The Morgan fingerprint density at radius 3 is 3.31 bits per heavy atom. The molecular formula is C12H21N3S. The smallest absolute Gasteiger partial charge is 0.0299 e. The van der Waals surface area contributed by atoms with Crippen LogP contribution in [0.4, 0.5) is 0 Å².